The van der Waals surface area contributed by atoms with E-state index in [1.54, 1.807) is 0 Å². The summed E-state index contributed by atoms with van der Waals surface area (Å²) in [5.41, 5.74) is 1.07. The Kier molecular flexibility index (Phi) is 4.09. The van der Waals surface area contributed by atoms with Crippen molar-refractivity contribution < 1.29 is 8.78 Å². The van der Waals surface area contributed by atoms with Crippen molar-refractivity contribution in [3.8, 4) is 0 Å². The van der Waals surface area contributed by atoms with E-state index in [1.165, 1.54) is 0 Å². The third kappa shape index (κ3) is 3.68. The van der Waals surface area contributed by atoms with Gasteiger partial charge in [0.05, 0.1) is 4.48 Å². The Balaban J connectivity index is 2.49. The van der Waals surface area contributed by atoms with E-state index in [-0.39, 0.29) is 4.48 Å². The molecule has 3 heteroatoms. The second-order valence-corrected chi connectivity index (χ2v) is 3.61. The Morgan fingerprint density at radius 1 is 1.15 bits per heavy atom. The van der Waals surface area contributed by atoms with Gasteiger partial charge in [0.25, 0.3) is 6.08 Å². The largest absolute Gasteiger partial charge is 0.280 e. The molecule has 0 spiro atoms. The van der Waals surface area contributed by atoms with Crippen LogP contribution in [-0.4, -0.2) is 0 Å². The Morgan fingerprint density at radius 2 is 1.77 bits per heavy atom. The Labute approximate surface area is 84.4 Å². The summed E-state index contributed by atoms with van der Waals surface area (Å²) >= 11 is 2.83. The summed E-state index contributed by atoms with van der Waals surface area (Å²) in [6.45, 7) is 0. The normalized spacial score (nSPS) is 9.77. The first-order valence-electron chi connectivity index (χ1n) is 3.93. The van der Waals surface area contributed by atoms with Gasteiger partial charge in [0, 0.05) is 0 Å². The summed E-state index contributed by atoms with van der Waals surface area (Å²) in [6, 6.07) is 9.56. The topological polar surface area (TPSA) is 0 Å². The van der Waals surface area contributed by atoms with Crippen molar-refractivity contribution in [1.82, 2.24) is 0 Å². The molecule has 70 valence electrons. The minimum Gasteiger partial charge on any atom is -0.172 e. The van der Waals surface area contributed by atoms with Crippen molar-refractivity contribution in [1.29, 1.82) is 0 Å². The summed E-state index contributed by atoms with van der Waals surface area (Å²) in [5.74, 6) is 0. The third-order valence-corrected chi connectivity index (χ3v) is 2.38. The SMILES string of the molecule is FC(F)=C(Br)CCc1ccccc1. The monoisotopic (exact) mass is 246 g/mol. The highest BCUT2D eigenvalue weighted by atomic mass is 79.9. The highest BCUT2D eigenvalue weighted by Gasteiger charge is 2.01. The standard InChI is InChI=1S/C10H9BrF2/c11-9(10(12)13)7-6-8-4-2-1-3-5-8/h1-5H,6-7H2. The lowest BCUT2D eigenvalue weighted by Crippen LogP contribution is -1.84. The molecule has 13 heavy (non-hydrogen) atoms. The van der Waals surface area contributed by atoms with Crippen LogP contribution in [0.4, 0.5) is 8.78 Å². The van der Waals surface area contributed by atoms with Crippen LogP contribution in [0.1, 0.15) is 12.0 Å². The smallest absolute Gasteiger partial charge is 0.172 e. The first-order valence-corrected chi connectivity index (χ1v) is 4.73. The minimum absolute atomic E-state index is 0.00338. The van der Waals surface area contributed by atoms with Crippen LogP contribution in [0.3, 0.4) is 0 Å². The lowest BCUT2D eigenvalue weighted by Gasteiger charge is -1.98. The van der Waals surface area contributed by atoms with Gasteiger partial charge in [-0.2, -0.15) is 8.78 Å². The molecule has 0 unspecified atom stereocenters. The van der Waals surface area contributed by atoms with Gasteiger partial charge >= 0.3 is 0 Å². The van der Waals surface area contributed by atoms with Crippen molar-refractivity contribution in [2.24, 2.45) is 0 Å². The van der Waals surface area contributed by atoms with Crippen molar-refractivity contribution in [2.75, 3.05) is 0 Å². The number of allylic oxidation sites excluding steroid dienone is 1. The summed E-state index contributed by atoms with van der Waals surface area (Å²) in [7, 11) is 0. The zero-order valence-electron chi connectivity index (χ0n) is 6.93. The molecular weight excluding hydrogens is 238 g/mol. The van der Waals surface area contributed by atoms with Gasteiger partial charge in [-0.25, -0.2) is 0 Å². The van der Waals surface area contributed by atoms with Crippen LogP contribution in [0, 0.1) is 0 Å². The van der Waals surface area contributed by atoms with Crippen LogP contribution >= 0.6 is 15.9 Å². The molecule has 0 aliphatic heterocycles. The predicted octanol–water partition coefficient (Wildman–Crippen LogP) is 4.12. The lowest BCUT2D eigenvalue weighted by atomic mass is 10.1. The maximum Gasteiger partial charge on any atom is 0.280 e. The predicted molar refractivity (Wildman–Crippen MR) is 52.9 cm³/mol. The molecule has 0 saturated carbocycles. The van der Waals surface area contributed by atoms with Crippen LogP contribution in [-0.2, 0) is 6.42 Å². The summed E-state index contributed by atoms with van der Waals surface area (Å²) in [4.78, 5) is 0. The second kappa shape index (κ2) is 5.12. The molecule has 0 aromatic heterocycles. The fourth-order valence-electron chi connectivity index (χ4n) is 0.993. The molecule has 1 aromatic rings. The van der Waals surface area contributed by atoms with E-state index in [4.69, 9.17) is 0 Å². The molecule has 0 aliphatic carbocycles. The van der Waals surface area contributed by atoms with Crippen molar-refractivity contribution in [3.05, 3.63) is 46.5 Å². The van der Waals surface area contributed by atoms with Crippen LogP contribution in [0.5, 0.6) is 0 Å². The van der Waals surface area contributed by atoms with Gasteiger partial charge in [-0.15, -0.1) is 0 Å². The molecule has 0 heterocycles. The second-order valence-electron chi connectivity index (χ2n) is 2.65. The molecule has 0 aliphatic rings. The highest BCUT2D eigenvalue weighted by Crippen LogP contribution is 2.20. The summed E-state index contributed by atoms with van der Waals surface area (Å²) in [5, 5.41) is 0. The fraction of sp³-hybridized carbons (Fsp3) is 0.200. The number of rotatable bonds is 3. The molecule has 0 fully saturated rings. The highest BCUT2D eigenvalue weighted by molar-refractivity contribution is 9.11. The van der Waals surface area contributed by atoms with Gasteiger partial charge < -0.3 is 0 Å². The van der Waals surface area contributed by atoms with E-state index < -0.39 is 6.08 Å². The van der Waals surface area contributed by atoms with Gasteiger partial charge in [-0.1, -0.05) is 30.3 Å². The van der Waals surface area contributed by atoms with Crippen molar-refractivity contribution in [2.45, 2.75) is 12.8 Å². The summed E-state index contributed by atoms with van der Waals surface area (Å²) in [6.07, 6.45) is -0.638. The molecule has 1 aromatic carbocycles. The molecule has 1 rings (SSSR count). The Hall–Kier alpha value is -0.700. The average Bonchev–Trinajstić information content (AvgIpc) is 2.15. The lowest BCUT2D eigenvalue weighted by molar-refractivity contribution is 0.415. The zero-order chi connectivity index (χ0) is 9.68. The zero-order valence-corrected chi connectivity index (χ0v) is 8.52. The molecule has 0 saturated heterocycles. The van der Waals surface area contributed by atoms with E-state index in [9.17, 15) is 8.78 Å². The van der Waals surface area contributed by atoms with Crippen LogP contribution in [0.2, 0.25) is 0 Å². The number of halogens is 3. The first kappa shape index (κ1) is 10.4. The van der Waals surface area contributed by atoms with Crippen LogP contribution in [0.25, 0.3) is 0 Å². The maximum atomic E-state index is 12.0. The van der Waals surface area contributed by atoms with Gasteiger partial charge in [0.2, 0.25) is 0 Å². The van der Waals surface area contributed by atoms with Gasteiger partial charge in [0.1, 0.15) is 0 Å². The van der Waals surface area contributed by atoms with E-state index in [0.717, 1.165) is 5.56 Å². The van der Waals surface area contributed by atoms with Crippen LogP contribution < -0.4 is 0 Å². The van der Waals surface area contributed by atoms with E-state index in [2.05, 4.69) is 15.9 Å². The number of hydrogen-bond acceptors (Lipinski definition) is 0. The molecular formula is C10H9BrF2. The molecule has 0 nitrogen and oxygen atoms in total. The molecule has 0 bridgehead atoms. The average molecular weight is 247 g/mol. The van der Waals surface area contributed by atoms with Gasteiger partial charge in [-0.3, -0.25) is 0 Å². The number of aryl methyl sites for hydroxylation is 1. The van der Waals surface area contributed by atoms with Crippen molar-refractivity contribution in [3.63, 3.8) is 0 Å². The van der Waals surface area contributed by atoms with Gasteiger partial charge in [0.15, 0.2) is 0 Å². The Morgan fingerprint density at radius 3 is 2.31 bits per heavy atom. The molecule has 0 atom stereocenters. The number of hydrogen-bond donors (Lipinski definition) is 0. The van der Waals surface area contributed by atoms with Crippen molar-refractivity contribution >= 4 is 15.9 Å². The van der Waals surface area contributed by atoms with E-state index in [0.29, 0.717) is 12.8 Å². The Bertz CT molecular complexity index is 289. The first-order chi connectivity index (χ1) is 6.20. The van der Waals surface area contributed by atoms with E-state index >= 15 is 0 Å². The summed E-state index contributed by atoms with van der Waals surface area (Å²) < 4.78 is 23.9. The third-order valence-electron chi connectivity index (χ3n) is 1.68. The minimum atomic E-state index is -1.63. The molecule has 0 radical (unpaired) electrons. The van der Waals surface area contributed by atoms with E-state index in [1.807, 2.05) is 30.3 Å². The maximum absolute atomic E-state index is 12.0. The van der Waals surface area contributed by atoms with Gasteiger partial charge in [-0.05, 0) is 34.3 Å². The molecule has 0 amide bonds. The number of benzene rings is 1. The fourth-order valence-corrected chi connectivity index (χ4v) is 1.19. The molecule has 0 N–H and O–H groups in total. The van der Waals surface area contributed by atoms with Crippen LogP contribution in [0.15, 0.2) is 40.9 Å². The quantitative estimate of drug-likeness (QED) is 0.753.